The smallest absolute Gasteiger partial charge is 0.260 e. The molecule has 0 unspecified atom stereocenters. The van der Waals surface area contributed by atoms with Crippen molar-refractivity contribution in [1.29, 1.82) is 0 Å². The van der Waals surface area contributed by atoms with Gasteiger partial charge in [0.25, 0.3) is 5.91 Å². The van der Waals surface area contributed by atoms with E-state index in [1.807, 2.05) is 6.92 Å². The van der Waals surface area contributed by atoms with Crippen LogP contribution < -0.4 is 5.32 Å². The van der Waals surface area contributed by atoms with E-state index in [-0.39, 0.29) is 5.56 Å². The van der Waals surface area contributed by atoms with E-state index < -0.39 is 11.9 Å². The van der Waals surface area contributed by atoms with E-state index in [0.29, 0.717) is 15.2 Å². The molecule has 1 aromatic carbocycles. The van der Waals surface area contributed by atoms with Crippen LogP contribution in [-0.2, 0) is 0 Å². The van der Waals surface area contributed by atoms with E-state index in [0.717, 1.165) is 5.56 Å². The molecular weight excluding hydrogens is 335 g/mol. The van der Waals surface area contributed by atoms with E-state index in [4.69, 9.17) is 11.6 Å². The summed E-state index contributed by atoms with van der Waals surface area (Å²) in [6.45, 7) is 1.85. The van der Waals surface area contributed by atoms with Crippen molar-refractivity contribution in [1.82, 2.24) is 4.98 Å². The standard InChI is InChI=1S/C13H9BrClFN2O/c1-7-5-9(14)11(6-10(7)15)18-13(19)8-3-2-4-17-12(8)16/h2-6H,1H3,(H,18,19). The molecule has 1 N–H and O–H groups in total. The molecule has 2 aromatic rings. The second-order valence-electron chi connectivity index (χ2n) is 3.88. The van der Waals surface area contributed by atoms with Gasteiger partial charge in [0.1, 0.15) is 0 Å². The van der Waals surface area contributed by atoms with Crippen molar-refractivity contribution < 1.29 is 9.18 Å². The second kappa shape index (κ2) is 5.67. The summed E-state index contributed by atoms with van der Waals surface area (Å²) in [4.78, 5) is 15.4. The lowest BCUT2D eigenvalue weighted by molar-refractivity contribution is 0.102. The van der Waals surface area contributed by atoms with Crippen LogP contribution in [0.15, 0.2) is 34.9 Å². The van der Waals surface area contributed by atoms with Crippen LogP contribution in [-0.4, -0.2) is 10.9 Å². The van der Waals surface area contributed by atoms with Crippen molar-refractivity contribution in [2.24, 2.45) is 0 Å². The van der Waals surface area contributed by atoms with Crippen molar-refractivity contribution in [2.45, 2.75) is 6.92 Å². The third kappa shape index (κ3) is 3.11. The molecule has 2 rings (SSSR count). The molecule has 0 spiro atoms. The van der Waals surface area contributed by atoms with E-state index in [1.165, 1.54) is 18.3 Å². The Labute approximate surface area is 122 Å². The molecule has 0 aliphatic heterocycles. The Morgan fingerprint density at radius 3 is 2.89 bits per heavy atom. The van der Waals surface area contributed by atoms with Crippen molar-refractivity contribution in [3.05, 3.63) is 57.0 Å². The SMILES string of the molecule is Cc1cc(Br)c(NC(=O)c2cccnc2F)cc1Cl. The molecule has 1 heterocycles. The van der Waals surface area contributed by atoms with Gasteiger partial charge >= 0.3 is 0 Å². The first kappa shape index (κ1) is 14.0. The van der Waals surface area contributed by atoms with Crippen LogP contribution in [0, 0.1) is 12.9 Å². The van der Waals surface area contributed by atoms with Gasteiger partial charge in [0.15, 0.2) is 0 Å². The zero-order valence-electron chi connectivity index (χ0n) is 9.88. The minimum atomic E-state index is -0.811. The fourth-order valence-electron chi connectivity index (χ4n) is 1.49. The van der Waals surface area contributed by atoms with Crippen LogP contribution >= 0.6 is 27.5 Å². The van der Waals surface area contributed by atoms with Crippen molar-refractivity contribution in [3.63, 3.8) is 0 Å². The lowest BCUT2D eigenvalue weighted by Crippen LogP contribution is -2.14. The number of aryl methyl sites for hydroxylation is 1. The minimum absolute atomic E-state index is 0.119. The summed E-state index contributed by atoms with van der Waals surface area (Å²) in [6, 6.07) is 6.24. The summed E-state index contributed by atoms with van der Waals surface area (Å²) in [5.74, 6) is -1.39. The first-order valence-corrected chi connectivity index (χ1v) is 6.53. The van der Waals surface area contributed by atoms with Crippen molar-refractivity contribution in [2.75, 3.05) is 5.32 Å². The number of anilines is 1. The lowest BCUT2D eigenvalue weighted by atomic mass is 10.2. The van der Waals surface area contributed by atoms with Crippen LogP contribution in [0.25, 0.3) is 0 Å². The molecule has 0 bridgehead atoms. The monoisotopic (exact) mass is 342 g/mol. The van der Waals surface area contributed by atoms with Crippen LogP contribution in [0.3, 0.4) is 0 Å². The summed E-state index contributed by atoms with van der Waals surface area (Å²) in [5.41, 5.74) is 1.23. The number of nitrogens with zero attached hydrogens (tertiary/aromatic N) is 1. The Morgan fingerprint density at radius 1 is 1.47 bits per heavy atom. The van der Waals surface area contributed by atoms with Crippen molar-refractivity contribution >= 4 is 39.1 Å². The van der Waals surface area contributed by atoms with Gasteiger partial charge in [0.05, 0.1) is 11.3 Å². The predicted octanol–water partition coefficient (Wildman–Crippen LogP) is 4.20. The highest BCUT2D eigenvalue weighted by Crippen LogP contribution is 2.29. The number of rotatable bonds is 2. The third-order valence-electron chi connectivity index (χ3n) is 2.50. The normalized spacial score (nSPS) is 10.3. The van der Waals surface area contributed by atoms with Gasteiger partial charge in [-0.15, -0.1) is 0 Å². The van der Waals surface area contributed by atoms with E-state index in [2.05, 4.69) is 26.2 Å². The number of carbonyl (C=O) groups is 1. The summed E-state index contributed by atoms with van der Waals surface area (Å²) < 4.78 is 14.1. The molecule has 0 radical (unpaired) electrons. The van der Waals surface area contributed by atoms with Gasteiger partial charge in [-0.25, -0.2) is 4.98 Å². The number of amides is 1. The van der Waals surface area contributed by atoms with Gasteiger partial charge in [0, 0.05) is 15.7 Å². The van der Waals surface area contributed by atoms with Gasteiger partial charge in [-0.2, -0.15) is 4.39 Å². The number of hydrogen-bond acceptors (Lipinski definition) is 2. The highest BCUT2D eigenvalue weighted by Gasteiger charge is 2.14. The molecule has 3 nitrogen and oxygen atoms in total. The Kier molecular flexibility index (Phi) is 4.17. The zero-order chi connectivity index (χ0) is 14.0. The average Bonchev–Trinajstić information content (AvgIpc) is 2.36. The summed E-state index contributed by atoms with van der Waals surface area (Å²) in [7, 11) is 0. The second-order valence-corrected chi connectivity index (χ2v) is 5.14. The zero-order valence-corrected chi connectivity index (χ0v) is 12.2. The molecule has 0 saturated heterocycles. The Bertz CT molecular complexity index is 649. The molecule has 6 heteroatoms. The van der Waals surface area contributed by atoms with Gasteiger partial charge in [-0.3, -0.25) is 4.79 Å². The molecule has 0 aliphatic rings. The molecule has 0 aliphatic carbocycles. The summed E-state index contributed by atoms with van der Waals surface area (Å²) in [6.07, 6.45) is 1.28. The average molecular weight is 344 g/mol. The molecular formula is C13H9BrClFN2O. The van der Waals surface area contributed by atoms with Gasteiger partial charge < -0.3 is 5.32 Å². The number of aromatic nitrogens is 1. The number of hydrogen-bond donors (Lipinski definition) is 1. The summed E-state index contributed by atoms with van der Waals surface area (Å²) in [5, 5.41) is 3.10. The van der Waals surface area contributed by atoms with Gasteiger partial charge in [0.2, 0.25) is 5.95 Å². The molecule has 98 valence electrons. The highest BCUT2D eigenvalue weighted by atomic mass is 79.9. The number of carbonyl (C=O) groups excluding carboxylic acids is 1. The fraction of sp³-hybridized carbons (Fsp3) is 0.0769. The van der Waals surface area contributed by atoms with E-state index in [1.54, 1.807) is 12.1 Å². The van der Waals surface area contributed by atoms with E-state index >= 15 is 0 Å². The van der Waals surface area contributed by atoms with Gasteiger partial charge in [-0.05, 0) is 52.7 Å². The minimum Gasteiger partial charge on any atom is -0.321 e. The quantitative estimate of drug-likeness (QED) is 0.831. The highest BCUT2D eigenvalue weighted by molar-refractivity contribution is 9.10. The molecule has 1 amide bonds. The maximum absolute atomic E-state index is 13.4. The van der Waals surface area contributed by atoms with Crippen LogP contribution in [0.1, 0.15) is 15.9 Å². The molecule has 0 fully saturated rings. The van der Waals surface area contributed by atoms with E-state index in [9.17, 15) is 9.18 Å². The molecule has 0 atom stereocenters. The Hall–Kier alpha value is -1.46. The van der Waals surface area contributed by atoms with Crippen LogP contribution in [0.2, 0.25) is 5.02 Å². The Balaban J connectivity index is 2.30. The van der Waals surface area contributed by atoms with Crippen LogP contribution in [0.4, 0.5) is 10.1 Å². The molecule has 1 aromatic heterocycles. The molecule has 0 saturated carbocycles. The first-order chi connectivity index (χ1) is 8.99. The fourth-order valence-corrected chi connectivity index (χ4v) is 2.21. The van der Waals surface area contributed by atoms with Gasteiger partial charge in [-0.1, -0.05) is 11.6 Å². The number of halogens is 3. The first-order valence-electron chi connectivity index (χ1n) is 5.36. The Morgan fingerprint density at radius 2 is 2.21 bits per heavy atom. The topological polar surface area (TPSA) is 42.0 Å². The molecule has 19 heavy (non-hydrogen) atoms. The maximum atomic E-state index is 13.4. The maximum Gasteiger partial charge on any atom is 0.260 e. The predicted molar refractivity (Wildman–Crippen MR) is 76.0 cm³/mol. The number of pyridine rings is 1. The third-order valence-corrected chi connectivity index (χ3v) is 3.56. The van der Waals surface area contributed by atoms with Crippen LogP contribution in [0.5, 0.6) is 0 Å². The largest absolute Gasteiger partial charge is 0.321 e. The summed E-state index contributed by atoms with van der Waals surface area (Å²) >= 11 is 9.31. The van der Waals surface area contributed by atoms with Crippen molar-refractivity contribution in [3.8, 4) is 0 Å². The number of benzene rings is 1. The lowest BCUT2D eigenvalue weighted by Gasteiger charge is -2.09. The number of nitrogens with one attached hydrogen (secondary N) is 1.